The lowest BCUT2D eigenvalue weighted by Gasteiger charge is -2.31. The molecular formula is C11H17NO3. The lowest BCUT2D eigenvalue weighted by molar-refractivity contribution is -0.211. The molecule has 0 unspecified atom stereocenters. The van der Waals surface area contributed by atoms with Gasteiger partial charge < -0.3 is 19.5 Å². The molecule has 0 saturated heterocycles. The first kappa shape index (κ1) is 12.0. The molecule has 0 amide bonds. The Labute approximate surface area is 90.1 Å². The van der Waals surface area contributed by atoms with E-state index >= 15 is 0 Å². The number of anilines is 1. The van der Waals surface area contributed by atoms with E-state index in [0.717, 1.165) is 5.69 Å². The van der Waals surface area contributed by atoms with Crippen LogP contribution in [-0.4, -0.2) is 33.8 Å². The van der Waals surface area contributed by atoms with E-state index in [1.807, 2.05) is 30.3 Å². The van der Waals surface area contributed by atoms with Gasteiger partial charge in [-0.25, -0.2) is 0 Å². The Kier molecular flexibility index (Phi) is 4.55. The van der Waals surface area contributed by atoms with Crippen molar-refractivity contribution in [2.75, 3.05) is 33.3 Å². The summed E-state index contributed by atoms with van der Waals surface area (Å²) in [6, 6.07) is 9.68. The summed E-state index contributed by atoms with van der Waals surface area (Å²) in [6.07, 6.45) is 0. The molecule has 1 aromatic carbocycles. The molecule has 0 atom stereocenters. The van der Waals surface area contributed by atoms with Crippen LogP contribution >= 0.6 is 0 Å². The molecule has 0 aliphatic carbocycles. The summed E-state index contributed by atoms with van der Waals surface area (Å²) in [5, 5.41) is 3.12. The predicted octanol–water partition coefficient (Wildman–Crippen LogP) is 1.69. The normalized spacial score (nSPS) is 11.4. The highest BCUT2D eigenvalue weighted by molar-refractivity contribution is 5.43. The van der Waals surface area contributed by atoms with Gasteiger partial charge in [-0.3, -0.25) is 0 Å². The second-order valence-electron chi connectivity index (χ2n) is 3.09. The van der Waals surface area contributed by atoms with Gasteiger partial charge in [0, 0.05) is 27.0 Å². The average Bonchev–Trinajstić information content (AvgIpc) is 2.30. The molecule has 0 radical (unpaired) electrons. The van der Waals surface area contributed by atoms with Crippen LogP contribution in [-0.2, 0) is 14.2 Å². The summed E-state index contributed by atoms with van der Waals surface area (Å²) in [6.45, 7) is 0.300. The van der Waals surface area contributed by atoms with Crippen LogP contribution in [0.3, 0.4) is 0 Å². The molecule has 0 fully saturated rings. The van der Waals surface area contributed by atoms with Crippen LogP contribution in [0.5, 0.6) is 0 Å². The fourth-order valence-corrected chi connectivity index (χ4v) is 1.27. The van der Waals surface area contributed by atoms with Crippen LogP contribution in [0.25, 0.3) is 0 Å². The first-order chi connectivity index (χ1) is 7.26. The van der Waals surface area contributed by atoms with Crippen molar-refractivity contribution in [3.63, 3.8) is 0 Å². The Hall–Kier alpha value is -1.10. The van der Waals surface area contributed by atoms with Gasteiger partial charge in [0.15, 0.2) is 0 Å². The highest BCUT2D eigenvalue weighted by Crippen LogP contribution is 2.17. The predicted molar refractivity (Wildman–Crippen MR) is 58.7 cm³/mol. The fraction of sp³-hybridized carbons (Fsp3) is 0.455. The summed E-state index contributed by atoms with van der Waals surface area (Å²) in [5.41, 5.74) is 0.915. The molecule has 4 nitrogen and oxygen atoms in total. The Morgan fingerprint density at radius 1 is 1.07 bits per heavy atom. The lowest BCUT2D eigenvalue weighted by atomic mass is 10.3. The third kappa shape index (κ3) is 3.20. The van der Waals surface area contributed by atoms with E-state index in [1.165, 1.54) is 0 Å². The molecular weight excluding hydrogens is 194 g/mol. The van der Waals surface area contributed by atoms with Crippen molar-refractivity contribution in [1.82, 2.24) is 0 Å². The Balaban J connectivity index is 2.74. The molecule has 1 N–H and O–H groups in total. The first-order valence-corrected chi connectivity index (χ1v) is 4.69. The molecule has 0 aliphatic heterocycles. The maximum atomic E-state index is 5.27. The van der Waals surface area contributed by atoms with Crippen LogP contribution in [0.15, 0.2) is 30.3 Å². The van der Waals surface area contributed by atoms with Crippen LogP contribution in [0.1, 0.15) is 0 Å². The quantitative estimate of drug-likeness (QED) is 0.727. The molecule has 0 heterocycles. The Morgan fingerprint density at radius 2 is 1.67 bits per heavy atom. The van der Waals surface area contributed by atoms with Gasteiger partial charge in [-0.1, -0.05) is 18.2 Å². The first-order valence-electron chi connectivity index (χ1n) is 4.69. The van der Waals surface area contributed by atoms with Crippen molar-refractivity contribution < 1.29 is 14.2 Å². The molecule has 1 aromatic rings. The third-order valence-corrected chi connectivity index (χ3v) is 2.10. The van der Waals surface area contributed by atoms with Gasteiger partial charge in [0.1, 0.15) is 6.61 Å². The number of hydrogen-bond donors (Lipinski definition) is 1. The minimum absolute atomic E-state index is 0.300. The highest BCUT2D eigenvalue weighted by atomic mass is 16.7. The number of benzene rings is 1. The molecule has 0 aliphatic rings. The van der Waals surface area contributed by atoms with Crippen molar-refractivity contribution in [1.29, 1.82) is 0 Å². The molecule has 4 heteroatoms. The van der Waals surface area contributed by atoms with Crippen LogP contribution in [0, 0.1) is 0 Å². The summed E-state index contributed by atoms with van der Waals surface area (Å²) in [7, 11) is 4.73. The monoisotopic (exact) mass is 211 g/mol. The van der Waals surface area contributed by atoms with Gasteiger partial charge in [0.2, 0.25) is 0 Å². The van der Waals surface area contributed by atoms with Gasteiger partial charge in [-0.2, -0.15) is 0 Å². The van der Waals surface area contributed by atoms with E-state index in [-0.39, 0.29) is 0 Å². The van der Waals surface area contributed by atoms with E-state index in [9.17, 15) is 0 Å². The van der Waals surface area contributed by atoms with Gasteiger partial charge in [-0.15, -0.1) is 0 Å². The average molecular weight is 211 g/mol. The summed E-state index contributed by atoms with van der Waals surface area (Å²) < 4.78 is 15.6. The molecule has 0 bridgehead atoms. The standard InChI is InChI=1S/C11H17NO3/c1-13-9-11(14-2,15-3)12-10-7-5-4-6-8-10/h4-8,12H,9H2,1-3H3. The van der Waals surface area contributed by atoms with Crippen molar-refractivity contribution in [2.45, 2.75) is 5.91 Å². The largest absolute Gasteiger partial charge is 0.377 e. The summed E-state index contributed by atoms with van der Waals surface area (Å²) in [4.78, 5) is 0. The smallest absolute Gasteiger partial charge is 0.273 e. The number of para-hydroxylation sites is 1. The Bertz CT molecular complexity index is 272. The third-order valence-electron chi connectivity index (χ3n) is 2.10. The van der Waals surface area contributed by atoms with Gasteiger partial charge >= 0.3 is 0 Å². The Morgan fingerprint density at radius 3 is 2.13 bits per heavy atom. The zero-order valence-electron chi connectivity index (χ0n) is 9.32. The summed E-state index contributed by atoms with van der Waals surface area (Å²) >= 11 is 0. The number of hydrogen-bond acceptors (Lipinski definition) is 4. The second kappa shape index (κ2) is 5.70. The van der Waals surface area contributed by atoms with E-state index in [0.29, 0.717) is 6.61 Å². The highest BCUT2D eigenvalue weighted by Gasteiger charge is 2.29. The maximum absolute atomic E-state index is 5.27. The number of methoxy groups -OCH3 is 3. The van der Waals surface area contributed by atoms with Crippen LogP contribution in [0.4, 0.5) is 5.69 Å². The lowest BCUT2D eigenvalue weighted by Crippen LogP contribution is -2.46. The van der Waals surface area contributed by atoms with Gasteiger partial charge in [0.05, 0.1) is 0 Å². The van der Waals surface area contributed by atoms with E-state index in [2.05, 4.69) is 5.32 Å². The topological polar surface area (TPSA) is 39.7 Å². The van der Waals surface area contributed by atoms with Gasteiger partial charge in [-0.05, 0) is 12.1 Å². The van der Waals surface area contributed by atoms with E-state index in [1.54, 1.807) is 21.3 Å². The van der Waals surface area contributed by atoms with Crippen LogP contribution < -0.4 is 5.32 Å². The van der Waals surface area contributed by atoms with E-state index in [4.69, 9.17) is 14.2 Å². The maximum Gasteiger partial charge on any atom is 0.273 e. The minimum Gasteiger partial charge on any atom is -0.377 e. The molecule has 15 heavy (non-hydrogen) atoms. The second-order valence-corrected chi connectivity index (χ2v) is 3.09. The van der Waals surface area contributed by atoms with Crippen LogP contribution in [0.2, 0.25) is 0 Å². The molecule has 1 rings (SSSR count). The fourth-order valence-electron chi connectivity index (χ4n) is 1.27. The molecule has 0 spiro atoms. The molecule has 84 valence electrons. The minimum atomic E-state index is -0.934. The number of ether oxygens (including phenoxy) is 3. The van der Waals surface area contributed by atoms with E-state index < -0.39 is 5.91 Å². The van der Waals surface area contributed by atoms with Gasteiger partial charge in [0.25, 0.3) is 5.91 Å². The number of nitrogens with one attached hydrogen (secondary N) is 1. The molecule has 0 aromatic heterocycles. The zero-order valence-corrected chi connectivity index (χ0v) is 9.32. The van der Waals surface area contributed by atoms with Crippen molar-refractivity contribution in [2.24, 2.45) is 0 Å². The molecule has 0 saturated carbocycles. The van der Waals surface area contributed by atoms with Crippen molar-refractivity contribution in [3.8, 4) is 0 Å². The number of rotatable bonds is 6. The SMILES string of the molecule is COCC(Nc1ccccc1)(OC)OC. The van der Waals surface area contributed by atoms with Crippen molar-refractivity contribution >= 4 is 5.69 Å². The summed E-state index contributed by atoms with van der Waals surface area (Å²) in [5.74, 6) is -0.934. The zero-order chi connectivity index (χ0) is 11.1. The van der Waals surface area contributed by atoms with Crippen molar-refractivity contribution in [3.05, 3.63) is 30.3 Å².